The van der Waals surface area contributed by atoms with Crippen LogP contribution in [-0.4, -0.2) is 38.8 Å². The molecule has 1 aromatic rings. The summed E-state index contributed by atoms with van der Waals surface area (Å²) in [7, 11) is 0. The Balaban J connectivity index is 1.56. The van der Waals surface area contributed by atoms with Gasteiger partial charge in [-0.05, 0) is 58.5 Å². The quantitative estimate of drug-likeness (QED) is 0.838. The van der Waals surface area contributed by atoms with E-state index in [-0.39, 0.29) is 0 Å². The van der Waals surface area contributed by atoms with Gasteiger partial charge in [0.1, 0.15) is 5.82 Å². The van der Waals surface area contributed by atoms with Gasteiger partial charge >= 0.3 is 0 Å². The highest BCUT2D eigenvalue weighted by Gasteiger charge is 2.23. The van der Waals surface area contributed by atoms with Crippen molar-refractivity contribution in [1.29, 1.82) is 0 Å². The van der Waals surface area contributed by atoms with Gasteiger partial charge in [0.2, 0.25) is 0 Å². The molecule has 0 atom stereocenters. The van der Waals surface area contributed by atoms with E-state index in [4.69, 9.17) is 10.1 Å². The van der Waals surface area contributed by atoms with Crippen LogP contribution in [0.3, 0.4) is 0 Å². The maximum Gasteiger partial charge on any atom is 0.151 e. The number of hydrogen-bond acceptors (Lipinski definition) is 3. The Morgan fingerprint density at radius 1 is 1.16 bits per heavy atom. The van der Waals surface area contributed by atoms with Crippen molar-refractivity contribution in [2.75, 3.05) is 13.1 Å². The standard InChI is InChI=1S/C15H26N4/c1-12(2)18-9-6-13(7-10-18)11-14-16-15-5-3-4-8-19(15)17-14/h12-13H,3-11H2,1-2H3. The van der Waals surface area contributed by atoms with Crippen LogP contribution in [0.15, 0.2) is 0 Å². The third-order valence-corrected chi connectivity index (χ3v) is 4.66. The second kappa shape index (κ2) is 5.61. The number of aromatic nitrogens is 3. The fourth-order valence-electron chi connectivity index (χ4n) is 3.35. The summed E-state index contributed by atoms with van der Waals surface area (Å²) < 4.78 is 2.14. The van der Waals surface area contributed by atoms with Gasteiger partial charge in [0.05, 0.1) is 0 Å². The highest BCUT2D eigenvalue weighted by Crippen LogP contribution is 2.22. The smallest absolute Gasteiger partial charge is 0.151 e. The van der Waals surface area contributed by atoms with Gasteiger partial charge in [0.25, 0.3) is 0 Å². The summed E-state index contributed by atoms with van der Waals surface area (Å²) in [6.07, 6.45) is 7.38. The minimum absolute atomic E-state index is 0.694. The molecule has 0 unspecified atom stereocenters. The zero-order valence-electron chi connectivity index (χ0n) is 12.3. The molecule has 4 nitrogen and oxygen atoms in total. The van der Waals surface area contributed by atoms with E-state index in [0.717, 1.165) is 31.1 Å². The average molecular weight is 262 g/mol. The van der Waals surface area contributed by atoms with Gasteiger partial charge in [0, 0.05) is 25.4 Å². The van der Waals surface area contributed by atoms with Crippen LogP contribution in [0.25, 0.3) is 0 Å². The van der Waals surface area contributed by atoms with Crippen molar-refractivity contribution in [1.82, 2.24) is 19.7 Å². The number of rotatable bonds is 3. The van der Waals surface area contributed by atoms with Crippen molar-refractivity contribution in [3.05, 3.63) is 11.6 Å². The first kappa shape index (κ1) is 13.1. The summed E-state index contributed by atoms with van der Waals surface area (Å²) in [5.74, 6) is 3.11. The summed E-state index contributed by atoms with van der Waals surface area (Å²) >= 11 is 0. The van der Waals surface area contributed by atoms with Crippen molar-refractivity contribution in [2.24, 2.45) is 5.92 Å². The van der Waals surface area contributed by atoms with Gasteiger partial charge in [-0.2, -0.15) is 5.10 Å². The van der Waals surface area contributed by atoms with Crippen LogP contribution in [-0.2, 0) is 19.4 Å². The van der Waals surface area contributed by atoms with Crippen LogP contribution in [0.4, 0.5) is 0 Å². The number of aryl methyl sites for hydroxylation is 2. The van der Waals surface area contributed by atoms with Crippen molar-refractivity contribution in [2.45, 2.75) is 65.0 Å². The van der Waals surface area contributed by atoms with E-state index < -0.39 is 0 Å². The molecule has 0 spiro atoms. The number of piperidine rings is 1. The first-order chi connectivity index (χ1) is 9.22. The maximum absolute atomic E-state index is 4.74. The summed E-state index contributed by atoms with van der Waals surface area (Å²) in [5.41, 5.74) is 0. The van der Waals surface area contributed by atoms with E-state index in [1.54, 1.807) is 0 Å². The fourth-order valence-corrected chi connectivity index (χ4v) is 3.35. The molecule has 19 heavy (non-hydrogen) atoms. The lowest BCUT2D eigenvalue weighted by Crippen LogP contribution is -2.38. The van der Waals surface area contributed by atoms with Crippen molar-refractivity contribution >= 4 is 0 Å². The molecule has 2 aliphatic heterocycles. The SMILES string of the molecule is CC(C)N1CCC(Cc2nc3n(n2)CCCC3)CC1. The summed E-state index contributed by atoms with van der Waals surface area (Å²) in [6.45, 7) is 8.16. The molecule has 106 valence electrons. The third-order valence-electron chi connectivity index (χ3n) is 4.66. The summed E-state index contributed by atoms with van der Waals surface area (Å²) in [5, 5.41) is 4.69. The fraction of sp³-hybridized carbons (Fsp3) is 0.867. The predicted octanol–water partition coefficient (Wildman–Crippen LogP) is 2.28. The second-order valence-electron chi connectivity index (χ2n) is 6.40. The minimum Gasteiger partial charge on any atom is -0.301 e. The molecule has 0 saturated carbocycles. The van der Waals surface area contributed by atoms with E-state index in [0.29, 0.717) is 6.04 Å². The Labute approximate surface area is 116 Å². The van der Waals surface area contributed by atoms with Gasteiger partial charge in [0.15, 0.2) is 5.82 Å². The highest BCUT2D eigenvalue weighted by molar-refractivity contribution is 4.97. The molecule has 4 heteroatoms. The monoisotopic (exact) mass is 262 g/mol. The Bertz CT molecular complexity index is 392. The van der Waals surface area contributed by atoms with Crippen LogP contribution < -0.4 is 0 Å². The third kappa shape index (κ3) is 2.99. The first-order valence-electron chi connectivity index (χ1n) is 7.89. The topological polar surface area (TPSA) is 34.0 Å². The average Bonchev–Trinajstić information content (AvgIpc) is 2.81. The van der Waals surface area contributed by atoms with Crippen LogP contribution in [0.1, 0.15) is 51.2 Å². The normalized spacial score (nSPS) is 21.8. The Morgan fingerprint density at radius 3 is 2.63 bits per heavy atom. The first-order valence-corrected chi connectivity index (χ1v) is 7.89. The molecule has 0 aromatic carbocycles. The molecule has 1 saturated heterocycles. The van der Waals surface area contributed by atoms with E-state index in [1.807, 2.05) is 0 Å². The van der Waals surface area contributed by atoms with E-state index in [2.05, 4.69) is 23.4 Å². The number of likely N-dealkylation sites (tertiary alicyclic amines) is 1. The van der Waals surface area contributed by atoms with E-state index >= 15 is 0 Å². The van der Waals surface area contributed by atoms with Crippen molar-refractivity contribution in [3.8, 4) is 0 Å². The molecular formula is C15H26N4. The Hall–Kier alpha value is -0.900. The summed E-state index contributed by atoms with van der Waals surface area (Å²) in [4.78, 5) is 7.32. The molecule has 1 aromatic heterocycles. The van der Waals surface area contributed by atoms with Gasteiger partial charge in [-0.1, -0.05) is 0 Å². The van der Waals surface area contributed by atoms with Crippen LogP contribution >= 0.6 is 0 Å². The van der Waals surface area contributed by atoms with Crippen LogP contribution in [0, 0.1) is 5.92 Å². The molecule has 2 aliphatic rings. The molecule has 0 bridgehead atoms. The van der Waals surface area contributed by atoms with Crippen molar-refractivity contribution in [3.63, 3.8) is 0 Å². The van der Waals surface area contributed by atoms with Gasteiger partial charge in [-0.15, -0.1) is 0 Å². The molecule has 1 fully saturated rings. The molecule has 3 heterocycles. The molecule has 0 N–H and O–H groups in total. The van der Waals surface area contributed by atoms with E-state index in [1.165, 1.54) is 44.6 Å². The molecule has 0 aliphatic carbocycles. The number of hydrogen-bond donors (Lipinski definition) is 0. The molecular weight excluding hydrogens is 236 g/mol. The largest absolute Gasteiger partial charge is 0.301 e. The Kier molecular flexibility index (Phi) is 3.87. The lowest BCUT2D eigenvalue weighted by molar-refractivity contribution is 0.148. The zero-order valence-corrected chi connectivity index (χ0v) is 12.3. The molecule has 0 amide bonds. The van der Waals surface area contributed by atoms with Gasteiger partial charge in [-0.3, -0.25) is 0 Å². The van der Waals surface area contributed by atoms with E-state index in [9.17, 15) is 0 Å². The van der Waals surface area contributed by atoms with Crippen LogP contribution in [0.2, 0.25) is 0 Å². The molecule has 3 rings (SSSR count). The number of nitrogens with zero attached hydrogens (tertiary/aromatic N) is 4. The van der Waals surface area contributed by atoms with Crippen LogP contribution in [0.5, 0.6) is 0 Å². The minimum atomic E-state index is 0.694. The lowest BCUT2D eigenvalue weighted by Gasteiger charge is -2.34. The maximum atomic E-state index is 4.74. The Morgan fingerprint density at radius 2 is 1.95 bits per heavy atom. The zero-order chi connectivity index (χ0) is 13.2. The van der Waals surface area contributed by atoms with Gasteiger partial charge in [-0.25, -0.2) is 9.67 Å². The van der Waals surface area contributed by atoms with Crippen molar-refractivity contribution < 1.29 is 0 Å². The lowest BCUT2D eigenvalue weighted by atomic mass is 9.93. The summed E-state index contributed by atoms with van der Waals surface area (Å²) in [6, 6.07) is 0.694. The second-order valence-corrected chi connectivity index (χ2v) is 6.40. The molecule has 0 radical (unpaired) electrons. The van der Waals surface area contributed by atoms with Gasteiger partial charge < -0.3 is 4.90 Å². The highest BCUT2D eigenvalue weighted by atomic mass is 15.3. The number of fused-ring (bicyclic) bond motifs is 1. The predicted molar refractivity (Wildman–Crippen MR) is 76.1 cm³/mol.